The van der Waals surface area contributed by atoms with Crippen LogP contribution in [0.3, 0.4) is 0 Å². The topological polar surface area (TPSA) is 113 Å². The van der Waals surface area contributed by atoms with Crippen LogP contribution in [0.2, 0.25) is 0 Å². The van der Waals surface area contributed by atoms with E-state index >= 15 is 0 Å². The normalized spacial score (nSPS) is 24.0. The highest BCUT2D eigenvalue weighted by molar-refractivity contribution is 6.09. The molecule has 1 aromatic carbocycles. The highest BCUT2D eigenvalue weighted by atomic mass is 16.2. The molecule has 3 fully saturated rings. The Morgan fingerprint density at radius 3 is 2.20 bits per heavy atom. The van der Waals surface area contributed by atoms with E-state index in [1.807, 2.05) is 0 Å². The Labute approximate surface area is 175 Å². The summed E-state index contributed by atoms with van der Waals surface area (Å²) in [5.41, 5.74) is 7.01. The van der Waals surface area contributed by atoms with Crippen LogP contribution in [-0.4, -0.2) is 48.2 Å². The van der Waals surface area contributed by atoms with Gasteiger partial charge in [0, 0.05) is 18.7 Å². The predicted octanol–water partition coefficient (Wildman–Crippen LogP) is 1.89. The lowest BCUT2D eigenvalue weighted by molar-refractivity contribution is -0.142. The fraction of sp³-hybridized carbons (Fsp3) is 0.545. The number of piperidine rings is 1. The number of nitrogens with two attached hydrogens (primary N) is 1. The molecule has 160 valence electrons. The number of benzene rings is 1. The Hall–Kier alpha value is -2.90. The number of fused-ring (bicyclic) bond motifs is 1. The predicted molar refractivity (Wildman–Crippen MR) is 112 cm³/mol. The number of primary amides is 1. The summed E-state index contributed by atoms with van der Waals surface area (Å²) in [6.07, 6.45) is 6.60. The Morgan fingerprint density at radius 2 is 1.60 bits per heavy atom. The molecule has 1 saturated carbocycles. The van der Waals surface area contributed by atoms with Crippen LogP contribution in [0.4, 0.5) is 11.4 Å². The summed E-state index contributed by atoms with van der Waals surface area (Å²) in [5, 5.41) is 2.82. The molecule has 8 nitrogen and oxygen atoms in total. The van der Waals surface area contributed by atoms with Gasteiger partial charge in [0.1, 0.15) is 6.54 Å². The molecule has 3 aliphatic rings. The van der Waals surface area contributed by atoms with E-state index in [0.717, 1.165) is 49.4 Å². The molecule has 1 aromatic rings. The van der Waals surface area contributed by atoms with Gasteiger partial charge in [0.15, 0.2) is 0 Å². The van der Waals surface area contributed by atoms with E-state index in [4.69, 9.17) is 5.73 Å². The Morgan fingerprint density at radius 1 is 0.967 bits per heavy atom. The summed E-state index contributed by atoms with van der Waals surface area (Å²) >= 11 is 0. The molecule has 0 spiro atoms. The van der Waals surface area contributed by atoms with E-state index in [1.54, 1.807) is 18.2 Å². The van der Waals surface area contributed by atoms with Crippen molar-refractivity contribution in [2.24, 2.45) is 17.6 Å². The maximum atomic E-state index is 12.8. The monoisotopic (exact) mass is 412 g/mol. The number of amides is 4. The van der Waals surface area contributed by atoms with Gasteiger partial charge in [-0.1, -0.05) is 12.8 Å². The van der Waals surface area contributed by atoms with Gasteiger partial charge in [0.25, 0.3) is 0 Å². The van der Waals surface area contributed by atoms with Crippen LogP contribution in [0.1, 0.15) is 55.3 Å². The molecule has 2 heterocycles. The molecule has 4 amide bonds. The highest BCUT2D eigenvalue weighted by Gasteiger charge is 2.48. The molecule has 0 radical (unpaired) electrons. The molecule has 30 heavy (non-hydrogen) atoms. The van der Waals surface area contributed by atoms with Gasteiger partial charge >= 0.3 is 0 Å². The Bertz CT molecular complexity index is 854. The summed E-state index contributed by atoms with van der Waals surface area (Å²) in [6.45, 7) is 1.43. The minimum absolute atomic E-state index is 0.234. The molecule has 4 rings (SSSR count). The molecule has 2 saturated heterocycles. The number of nitrogens with zero attached hydrogens (tertiary/aromatic N) is 2. The van der Waals surface area contributed by atoms with E-state index in [2.05, 4.69) is 10.2 Å². The first kappa shape index (κ1) is 20.4. The Kier molecular flexibility index (Phi) is 5.74. The average molecular weight is 412 g/mol. The van der Waals surface area contributed by atoms with Crippen molar-refractivity contribution in [3.8, 4) is 0 Å². The highest BCUT2D eigenvalue weighted by Crippen LogP contribution is 2.38. The maximum Gasteiger partial charge on any atom is 0.248 e. The lowest BCUT2D eigenvalue weighted by Crippen LogP contribution is -2.38. The fourth-order valence-corrected chi connectivity index (χ4v) is 4.92. The van der Waals surface area contributed by atoms with Crippen molar-refractivity contribution in [3.05, 3.63) is 23.8 Å². The number of nitrogens with one attached hydrogen (secondary N) is 1. The zero-order valence-electron chi connectivity index (χ0n) is 17.1. The van der Waals surface area contributed by atoms with Crippen LogP contribution in [0.5, 0.6) is 0 Å². The summed E-state index contributed by atoms with van der Waals surface area (Å²) in [6, 6.07) is 5.01. The number of carbonyl (C=O) groups is 4. The molecule has 3 N–H and O–H groups in total. The van der Waals surface area contributed by atoms with Crippen molar-refractivity contribution < 1.29 is 19.2 Å². The van der Waals surface area contributed by atoms with E-state index in [9.17, 15) is 19.2 Å². The van der Waals surface area contributed by atoms with Gasteiger partial charge < -0.3 is 16.0 Å². The molecule has 2 aliphatic heterocycles. The van der Waals surface area contributed by atoms with Crippen LogP contribution >= 0.6 is 0 Å². The molecule has 0 bridgehead atoms. The third-order valence-electron chi connectivity index (χ3n) is 6.49. The van der Waals surface area contributed by atoms with E-state index < -0.39 is 11.8 Å². The van der Waals surface area contributed by atoms with E-state index in [1.165, 1.54) is 6.42 Å². The van der Waals surface area contributed by atoms with Crippen LogP contribution < -0.4 is 16.0 Å². The lowest BCUT2D eigenvalue weighted by atomic mass is 9.81. The number of imide groups is 1. The van der Waals surface area contributed by atoms with Gasteiger partial charge in [-0.2, -0.15) is 0 Å². The van der Waals surface area contributed by atoms with Crippen molar-refractivity contribution in [1.82, 2.24) is 4.90 Å². The van der Waals surface area contributed by atoms with Gasteiger partial charge in [0.2, 0.25) is 23.6 Å². The largest absolute Gasteiger partial charge is 0.370 e. The minimum Gasteiger partial charge on any atom is -0.370 e. The first-order valence-electron chi connectivity index (χ1n) is 10.8. The number of hydrogen-bond donors (Lipinski definition) is 2. The van der Waals surface area contributed by atoms with Crippen molar-refractivity contribution in [2.75, 3.05) is 29.9 Å². The molecule has 0 aromatic heterocycles. The Balaban J connectivity index is 1.52. The average Bonchev–Trinajstić information content (AvgIpc) is 2.99. The second-order valence-electron chi connectivity index (χ2n) is 8.45. The second-order valence-corrected chi connectivity index (χ2v) is 8.45. The first-order valence-corrected chi connectivity index (χ1v) is 10.8. The number of likely N-dealkylation sites (tertiary alicyclic amines) is 1. The second kappa shape index (κ2) is 8.45. The summed E-state index contributed by atoms with van der Waals surface area (Å²) in [7, 11) is 0. The van der Waals surface area contributed by atoms with E-state index in [0.29, 0.717) is 24.1 Å². The number of hydrogen-bond acceptors (Lipinski definition) is 5. The third kappa shape index (κ3) is 3.91. The van der Waals surface area contributed by atoms with Crippen molar-refractivity contribution in [3.63, 3.8) is 0 Å². The molecule has 1 aliphatic carbocycles. The van der Waals surface area contributed by atoms with Crippen molar-refractivity contribution >= 4 is 35.0 Å². The lowest BCUT2D eigenvalue weighted by Gasteiger charge is -2.31. The smallest absolute Gasteiger partial charge is 0.248 e. The van der Waals surface area contributed by atoms with Gasteiger partial charge in [-0.05, 0) is 50.3 Å². The van der Waals surface area contributed by atoms with Gasteiger partial charge in [-0.15, -0.1) is 0 Å². The van der Waals surface area contributed by atoms with Crippen LogP contribution in [0, 0.1) is 11.8 Å². The minimum atomic E-state index is -0.579. The van der Waals surface area contributed by atoms with Gasteiger partial charge in [0.05, 0.1) is 23.2 Å². The molecular formula is C22H28N4O4. The molecule has 2 atom stereocenters. The van der Waals surface area contributed by atoms with Crippen molar-refractivity contribution in [2.45, 2.75) is 44.9 Å². The number of carbonyl (C=O) groups excluding carboxylic acids is 4. The summed E-state index contributed by atoms with van der Waals surface area (Å²) in [5.74, 6) is -2.05. The fourth-order valence-electron chi connectivity index (χ4n) is 4.92. The molecular weight excluding hydrogens is 384 g/mol. The summed E-state index contributed by atoms with van der Waals surface area (Å²) in [4.78, 5) is 53.0. The first-order chi connectivity index (χ1) is 14.5. The quantitative estimate of drug-likeness (QED) is 0.717. The standard InChI is InChI=1S/C22H28N4O4/c23-20(28)14-8-9-18(25-10-4-1-5-11-25)17(12-14)24-19(27)13-26-21(29)15-6-2-3-7-16(15)22(26)30/h8-9,12,15-16H,1-7,10-11,13H2,(H2,23,28)(H,24,27). The van der Waals surface area contributed by atoms with Crippen molar-refractivity contribution in [1.29, 1.82) is 0 Å². The van der Waals surface area contributed by atoms with Crippen LogP contribution in [-0.2, 0) is 14.4 Å². The summed E-state index contributed by atoms with van der Waals surface area (Å²) < 4.78 is 0. The zero-order valence-corrected chi connectivity index (χ0v) is 17.1. The number of rotatable bonds is 5. The number of anilines is 2. The maximum absolute atomic E-state index is 12.8. The van der Waals surface area contributed by atoms with Crippen LogP contribution in [0.25, 0.3) is 0 Å². The molecule has 2 unspecified atom stereocenters. The SMILES string of the molecule is NC(=O)c1ccc(N2CCCCC2)c(NC(=O)CN2C(=O)C3CCCCC3C2=O)c1. The zero-order chi connectivity index (χ0) is 21.3. The van der Waals surface area contributed by atoms with Gasteiger partial charge in [-0.3, -0.25) is 24.1 Å². The van der Waals surface area contributed by atoms with Gasteiger partial charge in [-0.25, -0.2) is 0 Å². The van der Waals surface area contributed by atoms with Crippen LogP contribution in [0.15, 0.2) is 18.2 Å². The molecule has 8 heteroatoms. The third-order valence-corrected chi connectivity index (χ3v) is 6.49. The van der Waals surface area contributed by atoms with E-state index in [-0.39, 0.29) is 30.2 Å².